The van der Waals surface area contributed by atoms with Gasteiger partial charge in [0.15, 0.2) is 6.29 Å². The third-order valence-electron chi connectivity index (χ3n) is 2.38. The summed E-state index contributed by atoms with van der Waals surface area (Å²) in [6.45, 7) is 1.08. The Kier molecular flexibility index (Phi) is 3.64. The van der Waals surface area contributed by atoms with Crippen molar-refractivity contribution in [2.45, 2.75) is 19.1 Å². The van der Waals surface area contributed by atoms with Crippen molar-refractivity contribution in [2.24, 2.45) is 0 Å². The Hall–Kier alpha value is -1.26. The van der Waals surface area contributed by atoms with Gasteiger partial charge in [0.05, 0.1) is 19.6 Å². The minimum atomic E-state index is -0.416. The summed E-state index contributed by atoms with van der Waals surface area (Å²) in [7, 11) is 0. The maximum atomic E-state index is 12.9. The molecule has 0 spiro atoms. The van der Waals surface area contributed by atoms with Crippen LogP contribution in [0.15, 0.2) is 24.3 Å². The second-order valence-corrected chi connectivity index (χ2v) is 3.72. The van der Waals surface area contributed by atoms with Gasteiger partial charge in [-0.25, -0.2) is 4.39 Å². The van der Waals surface area contributed by atoms with Crippen molar-refractivity contribution >= 4 is 5.78 Å². The lowest BCUT2D eigenvalue weighted by molar-refractivity contribution is -0.126. The van der Waals surface area contributed by atoms with E-state index in [1.165, 1.54) is 12.1 Å². The molecule has 16 heavy (non-hydrogen) atoms. The molecule has 0 unspecified atom stereocenters. The van der Waals surface area contributed by atoms with Crippen molar-refractivity contribution < 1.29 is 18.7 Å². The van der Waals surface area contributed by atoms with E-state index in [1.54, 1.807) is 12.1 Å². The molecule has 0 saturated carbocycles. The first-order valence-corrected chi connectivity index (χ1v) is 5.23. The van der Waals surface area contributed by atoms with Crippen LogP contribution < -0.4 is 0 Å². The second-order valence-electron chi connectivity index (χ2n) is 3.72. The van der Waals surface area contributed by atoms with Crippen LogP contribution >= 0.6 is 0 Å². The van der Waals surface area contributed by atoms with Gasteiger partial charge in [0, 0.05) is 6.42 Å². The summed E-state index contributed by atoms with van der Waals surface area (Å²) in [5, 5.41) is 0. The molecule has 1 heterocycles. The minimum absolute atomic E-state index is 0.00231. The van der Waals surface area contributed by atoms with Gasteiger partial charge in [-0.15, -0.1) is 0 Å². The van der Waals surface area contributed by atoms with E-state index in [2.05, 4.69) is 0 Å². The van der Waals surface area contributed by atoms with Crippen LogP contribution in [0.25, 0.3) is 0 Å². The number of carbonyl (C=O) groups is 1. The molecule has 86 valence electrons. The SMILES string of the molecule is O=C(Cc1cccc(F)c1)CC1OCCO1. The molecule has 1 fully saturated rings. The largest absolute Gasteiger partial charge is 0.350 e. The molecule has 0 bridgehead atoms. The summed E-state index contributed by atoms with van der Waals surface area (Å²) >= 11 is 0. The number of benzene rings is 1. The molecule has 1 aliphatic heterocycles. The summed E-state index contributed by atoms with van der Waals surface area (Å²) in [5.74, 6) is -0.323. The summed E-state index contributed by atoms with van der Waals surface area (Å²) in [4.78, 5) is 11.6. The third kappa shape index (κ3) is 3.12. The van der Waals surface area contributed by atoms with Crippen molar-refractivity contribution in [1.29, 1.82) is 0 Å². The maximum Gasteiger partial charge on any atom is 0.164 e. The maximum absolute atomic E-state index is 12.9. The van der Waals surface area contributed by atoms with Crippen molar-refractivity contribution in [3.63, 3.8) is 0 Å². The summed E-state index contributed by atoms with van der Waals surface area (Å²) in [6, 6.07) is 6.06. The van der Waals surface area contributed by atoms with Crippen molar-refractivity contribution in [1.82, 2.24) is 0 Å². The van der Waals surface area contributed by atoms with Gasteiger partial charge in [-0.2, -0.15) is 0 Å². The number of hydrogen-bond acceptors (Lipinski definition) is 3. The average Bonchev–Trinajstić information content (AvgIpc) is 2.70. The Morgan fingerprint density at radius 2 is 2.12 bits per heavy atom. The molecule has 0 atom stereocenters. The second kappa shape index (κ2) is 5.18. The van der Waals surface area contributed by atoms with Gasteiger partial charge in [-0.1, -0.05) is 12.1 Å². The Morgan fingerprint density at radius 1 is 1.38 bits per heavy atom. The number of rotatable bonds is 4. The molecule has 1 aromatic carbocycles. The van der Waals surface area contributed by atoms with Crippen LogP contribution in [0.5, 0.6) is 0 Å². The zero-order valence-corrected chi connectivity index (χ0v) is 8.82. The molecule has 1 aliphatic rings. The molecular weight excluding hydrogens is 211 g/mol. The molecule has 0 N–H and O–H groups in total. The van der Waals surface area contributed by atoms with E-state index in [-0.39, 0.29) is 24.4 Å². The summed E-state index contributed by atoms with van der Waals surface area (Å²) < 4.78 is 23.2. The highest BCUT2D eigenvalue weighted by Crippen LogP contribution is 2.11. The Balaban J connectivity index is 1.86. The predicted molar refractivity (Wildman–Crippen MR) is 55.4 cm³/mol. The fourth-order valence-corrected chi connectivity index (χ4v) is 1.66. The van der Waals surface area contributed by atoms with Crippen LogP contribution in [0, 0.1) is 5.82 Å². The van der Waals surface area contributed by atoms with Crippen LogP contribution in [-0.2, 0) is 20.7 Å². The van der Waals surface area contributed by atoms with Crippen LogP contribution in [0.4, 0.5) is 4.39 Å². The molecule has 1 saturated heterocycles. The number of ether oxygens (including phenoxy) is 2. The molecule has 0 aromatic heterocycles. The predicted octanol–water partition coefficient (Wildman–Crippen LogP) is 1.70. The van der Waals surface area contributed by atoms with Crippen molar-refractivity contribution in [2.75, 3.05) is 13.2 Å². The van der Waals surface area contributed by atoms with Gasteiger partial charge in [0.1, 0.15) is 11.6 Å². The Labute approximate surface area is 93.2 Å². The zero-order valence-electron chi connectivity index (χ0n) is 8.82. The van der Waals surface area contributed by atoms with E-state index < -0.39 is 6.29 Å². The zero-order chi connectivity index (χ0) is 11.4. The smallest absolute Gasteiger partial charge is 0.164 e. The molecule has 1 aromatic rings. The van der Waals surface area contributed by atoms with Crippen molar-refractivity contribution in [3.8, 4) is 0 Å². The number of halogens is 1. The van der Waals surface area contributed by atoms with Crippen molar-refractivity contribution in [3.05, 3.63) is 35.6 Å². The lowest BCUT2D eigenvalue weighted by Gasteiger charge is -2.07. The molecular formula is C12H13FO3. The van der Waals surface area contributed by atoms with E-state index in [1.807, 2.05) is 0 Å². The number of Topliss-reactive ketones (excluding diaryl/α,β-unsaturated/α-hetero) is 1. The van der Waals surface area contributed by atoms with Crippen LogP contribution in [0.2, 0.25) is 0 Å². The molecule has 0 aliphatic carbocycles. The van der Waals surface area contributed by atoms with Gasteiger partial charge in [-0.05, 0) is 17.7 Å². The van der Waals surface area contributed by atoms with E-state index >= 15 is 0 Å². The lowest BCUT2D eigenvalue weighted by Crippen LogP contribution is -2.15. The quantitative estimate of drug-likeness (QED) is 0.780. The molecule has 4 heteroatoms. The van der Waals surface area contributed by atoms with Gasteiger partial charge in [-0.3, -0.25) is 4.79 Å². The fraction of sp³-hybridized carbons (Fsp3) is 0.417. The van der Waals surface area contributed by atoms with E-state index in [4.69, 9.17) is 9.47 Å². The van der Waals surface area contributed by atoms with Gasteiger partial charge in [0.25, 0.3) is 0 Å². The average molecular weight is 224 g/mol. The van der Waals surface area contributed by atoms with Gasteiger partial charge >= 0.3 is 0 Å². The minimum Gasteiger partial charge on any atom is -0.350 e. The fourth-order valence-electron chi connectivity index (χ4n) is 1.66. The van der Waals surface area contributed by atoms with E-state index in [9.17, 15) is 9.18 Å². The number of ketones is 1. The molecule has 2 rings (SSSR count). The first kappa shape index (κ1) is 11.2. The van der Waals surface area contributed by atoms with E-state index in [0.29, 0.717) is 18.8 Å². The monoisotopic (exact) mass is 224 g/mol. The van der Waals surface area contributed by atoms with Crippen LogP contribution in [0.3, 0.4) is 0 Å². The van der Waals surface area contributed by atoms with Gasteiger partial charge < -0.3 is 9.47 Å². The molecule has 0 radical (unpaired) electrons. The molecule has 0 amide bonds. The normalized spacial score (nSPS) is 16.6. The number of carbonyl (C=O) groups excluding carboxylic acids is 1. The van der Waals surface area contributed by atoms with Gasteiger partial charge in [0.2, 0.25) is 0 Å². The Morgan fingerprint density at radius 3 is 2.81 bits per heavy atom. The lowest BCUT2D eigenvalue weighted by atomic mass is 10.1. The van der Waals surface area contributed by atoms with Crippen LogP contribution in [0.1, 0.15) is 12.0 Å². The van der Waals surface area contributed by atoms with Crippen LogP contribution in [-0.4, -0.2) is 25.3 Å². The summed E-state index contributed by atoms with van der Waals surface area (Å²) in [5.41, 5.74) is 0.683. The molecule has 3 nitrogen and oxygen atoms in total. The topological polar surface area (TPSA) is 35.5 Å². The Bertz CT molecular complexity index is 372. The number of hydrogen-bond donors (Lipinski definition) is 0. The first-order valence-electron chi connectivity index (χ1n) is 5.23. The van der Waals surface area contributed by atoms with E-state index in [0.717, 1.165) is 0 Å². The highest BCUT2D eigenvalue weighted by molar-refractivity contribution is 5.81. The highest BCUT2D eigenvalue weighted by Gasteiger charge is 2.19. The highest BCUT2D eigenvalue weighted by atomic mass is 19.1. The summed E-state index contributed by atoms with van der Waals surface area (Å²) in [6.07, 6.45) is 0.0402. The third-order valence-corrected chi connectivity index (χ3v) is 2.38. The standard InChI is InChI=1S/C12H13FO3/c13-10-3-1-2-9(6-10)7-11(14)8-12-15-4-5-16-12/h1-3,6,12H,4-5,7-8H2. The first-order chi connectivity index (χ1) is 7.74.